The molecule has 0 radical (unpaired) electrons. The minimum absolute atomic E-state index is 0.161. The maximum atomic E-state index is 12.3. The van der Waals surface area contributed by atoms with E-state index >= 15 is 0 Å². The molecule has 2 rings (SSSR count). The van der Waals surface area contributed by atoms with Gasteiger partial charge >= 0.3 is 0 Å². The van der Waals surface area contributed by atoms with Crippen molar-refractivity contribution in [3.05, 3.63) is 35.4 Å². The molecule has 0 saturated carbocycles. The molecule has 3 heteroatoms. The highest BCUT2D eigenvalue weighted by molar-refractivity contribution is 5.94. The summed E-state index contributed by atoms with van der Waals surface area (Å²) in [6, 6.07) is 8.00. The van der Waals surface area contributed by atoms with Crippen LogP contribution in [0.5, 0.6) is 0 Å². The fraction of sp³-hybridized carbons (Fsp3) is 0.500. The van der Waals surface area contributed by atoms with E-state index in [2.05, 4.69) is 25.2 Å². The van der Waals surface area contributed by atoms with Gasteiger partial charge in [-0.3, -0.25) is 4.79 Å². The fourth-order valence-electron chi connectivity index (χ4n) is 2.08. The van der Waals surface area contributed by atoms with Crippen LogP contribution in [0.15, 0.2) is 24.3 Å². The van der Waals surface area contributed by atoms with Gasteiger partial charge in [0.1, 0.15) is 0 Å². The van der Waals surface area contributed by atoms with Gasteiger partial charge in [-0.05, 0) is 23.6 Å². The zero-order valence-corrected chi connectivity index (χ0v) is 10.6. The van der Waals surface area contributed by atoms with E-state index in [1.165, 1.54) is 5.56 Å². The molecule has 1 aromatic rings. The van der Waals surface area contributed by atoms with Crippen molar-refractivity contribution < 1.29 is 4.79 Å². The maximum absolute atomic E-state index is 12.3. The Hall–Kier alpha value is -1.35. The number of rotatable bonds is 2. The molecule has 1 saturated heterocycles. The van der Waals surface area contributed by atoms with Gasteiger partial charge in [-0.1, -0.05) is 26.0 Å². The van der Waals surface area contributed by atoms with Crippen molar-refractivity contribution in [2.45, 2.75) is 19.8 Å². The van der Waals surface area contributed by atoms with Crippen molar-refractivity contribution in [2.75, 3.05) is 26.2 Å². The molecule has 92 valence electrons. The molecule has 0 unspecified atom stereocenters. The van der Waals surface area contributed by atoms with Gasteiger partial charge in [0.05, 0.1) is 0 Å². The predicted molar refractivity (Wildman–Crippen MR) is 69.3 cm³/mol. The number of amides is 1. The Labute approximate surface area is 103 Å². The van der Waals surface area contributed by atoms with E-state index < -0.39 is 0 Å². The number of nitrogens with zero attached hydrogens (tertiary/aromatic N) is 1. The second kappa shape index (κ2) is 5.32. The summed E-state index contributed by atoms with van der Waals surface area (Å²) in [4.78, 5) is 14.2. The molecular formula is C14H20N2O. The molecule has 3 nitrogen and oxygen atoms in total. The predicted octanol–water partition coefficient (Wildman–Crippen LogP) is 1.86. The van der Waals surface area contributed by atoms with Crippen molar-refractivity contribution in [1.29, 1.82) is 0 Å². The van der Waals surface area contributed by atoms with Crippen molar-refractivity contribution >= 4 is 5.91 Å². The normalized spacial score (nSPS) is 16.3. The van der Waals surface area contributed by atoms with E-state index in [9.17, 15) is 4.79 Å². The van der Waals surface area contributed by atoms with E-state index in [0.29, 0.717) is 5.92 Å². The molecule has 1 aliphatic heterocycles. The highest BCUT2D eigenvalue weighted by Crippen LogP contribution is 2.16. The van der Waals surface area contributed by atoms with Crippen LogP contribution in [-0.4, -0.2) is 37.0 Å². The number of hydrogen-bond acceptors (Lipinski definition) is 2. The second-order valence-electron chi connectivity index (χ2n) is 4.82. The molecule has 0 aliphatic carbocycles. The Kier molecular flexibility index (Phi) is 3.79. The minimum Gasteiger partial charge on any atom is -0.336 e. The van der Waals surface area contributed by atoms with E-state index in [1.807, 2.05) is 23.1 Å². The molecule has 0 bridgehead atoms. The zero-order chi connectivity index (χ0) is 12.3. The lowest BCUT2D eigenvalue weighted by molar-refractivity contribution is 0.0735. The summed E-state index contributed by atoms with van der Waals surface area (Å²) in [5, 5.41) is 3.26. The van der Waals surface area contributed by atoms with Crippen molar-refractivity contribution in [1.82, 2.24) is 10.2 Å². The zero-order valence-electron chi connectivity index (χ0n) is 10.6. The van der Waals surface area contributed by atoms with Gasteiger partial charge in [-0.15, -0.1) is 0 Å². The largest absolute Gasteiger partial charge is 0.336 e. The first-order chi connectivity index (χ1) is 8.18. The van der Waals surface area contributed by atoms with Crippen LogP contribution in [0.1, 0.15) is 35.7 Å². The molecule has 1 aliphatic rings. The van der Waals surface area contributed by atoms with E-state index in [4.69, 9.17) is 0 Å². The SMILES string of the molecule is CC(C)c1cccc(C(=O)N2CCNCC2)c1. The average Bonchev–Trinajstić information content (AvgIpc) is 2.39. The molecule has 1 amide bonds. The topological polar surface area (TPSA) is 32.3 Å². The average molecular weight is 232 g/mol. The van der Waals surface area contributed by atoms with Crippen LogP contribution in [0.3, 0.4) is 0 Å². The molecule has 0 aromatic heterocycles. The summed E-state index contributed by atoms with van der Waals surface area (Å²) in [7, 11) is 0. The van der Waals surface area contributed by atoms with Gasteiger partial charge < -0.3 is 10.2 Å². The van der Waals surface area contributed by atoms with Crippen LogP contribution in [0, 0.1) is 0 Å². The number of benzene rings is 1. The second-order valence-corrected chi connectivity index (χ2v) is 4.82. The summed E-state index contributed by atoms with van der Waals surface area (Å²) >= 11 is 0. The first kappa shape index (κ1) is 12.1. The van der Waals surface area contributed by atoms with Gasteiger partial charge in [0.2, 0.25) is 0 Å². The number of nitrogens with one attached hydrogen (secondary N) is 1. The molecule has 1 N–H and O–H groups in total. The summed E-state index contributed by atoms with van der Waals surface area (Å²) in [5.41, 5.74) is 2.05. The van der Waals surface area contributed by atoms with Gasteiger partial charge in [-0.2, -0.15) is 0 Å². The van der Waals surface area contributed by atoms with E-state index in [0.717, 1.165) is 31.7 Å². The van der Waals surface area contributed by atoms with Gasteiger partial charge in [0.15, 0.2) is 0 Å². The molecule has 1 fully saturated rings. The van der Waals surface area contributed by atoms with Crippen molar-refractivity contribution in [2.24, 2.45) is 0 Å². The summed E-state index contributed by atoms with van der Waals surface area (Å²) in [6.45, 7) is 7.71. The van der Waals surface area contributed by atoms with E-state index in [-0.39, 0.29) is 5.91 Å². The van der Waals surface area contributed by atoms with Gasteiger partial charge in [0.25, 0.3) is 5.91 Å². The third-order valence-electron chi connectivity index (χ3n) is 3.20. The lowest BCUT2D eigenvalue weighted by Gasteiger charge is -2.27. The van der Waals surface area contributed by atoms with Gasteiger partial charge in [-0.25, -0.2) is 0 Å². The van der Waals surface area contributed by atoms with E-state index in [1.54, 1.807) is 0 Å². The minimum atomic E-state index is 0.161. The highest BCUT2D eigenvalue weighted by Gasteiger charge is 2.18. The smallest absolute Gasteiger partial charge is 0.253 e. The van der Waals surface area contributed by atoms with Crippen LogP contribution in [-0.2, 0) is 0 Å². The molecular weight excluding hydrogens is 212 g/mol. The quantitative estimate of drug-likeness (QED) is 0.844. The number of carbonyl (C=O) groups is 1. The number of carbonyl (C=O) groups excluding carboxylic acids is 1. The molecule has 0 spiro atoms. The standard InChI is InChI=1S/C14H20N2O/c1-11(2)12-4-3-5-13(10-12)14(17)16-8-6-15-7-9-16/h3-5,10-11,15H,6-9H2,1-2H3. The molecule has 0 atom stereocenters. The maximum Gasteiger partial charge on any atom is 0.253 e. The lowest BCUT2D eigenvalue weighted by Crippen LogP contribution is -2.46. The highest BCUT2D eigenvalue weighted by atomic mass is 16.2. The van der Waals surface area contributed by atoms with Crippen LogP contribution in [0.2, 0.25) is 0 Å². The molecule has 1 aromatic carbocycles. The molecule has 17 heavy (non-hydrogen) atoms. The van der Waals surface area contributed by atoms with Crippen LogP contribution < -0.4 is 5.32 Å². The van der Waals surface area contributed by atoms with Crippen LogP contribution in [0.4, 0.5) is 0 Å². The fourth-order valence-corrected chi connectivity index (χ4v) is 2.08. The Bertz CT molecular complexity index is 395. The Morgan fingerprint density at radius 2 is 2.00 bits per heavy atom. The first-order valence-corrected chi connectivity index (χ1v) is 6.28. The third kappa shape index (κ3) is 2.86. The monoisotopic (exact) mass is 232 g/mol. The first-order valence-electron chi connectivity index (χ1n) is 6.28. The van der Waals surface area contributed by atoms with Crippen molar-refractivity contribution in [3.8, 4) is 0 Å². The molecule has 1 heterocycles. The lowest BCUT2D eigenvalue weighted by atomic mass is 10.0. The summed E-state index contributed by atoms with van der Waals surface area (Å²) < 4.78 is 0. The number of hydrogen-bond donors (Lipinski definition) is 1. The van der Waals surface area contributed by atoms with Gasteiger partial charge in [0, 0.05) is 31.7 Å². The summed E-state index contributed by atoms with van der Waals surface area (Å²) in [6.07, 6.45) is 0. The van der Waals surface area contributed by atoms with Crippen molar-refractivity contribution in [3.63, 3.8) is 0 Å². The third-order valence-corrected chi connectivity index (χ3v) is 3.20. The Balaban J connectivity index is 2.15. The Morgan fingerprint density at radius 1 is 1.29 bits per heavy atom. The Morgan fingerprint density at radius 3 is 2.65 bits per heavy atom. The number of piperazine rings is 1. The van der Waals surface area contributed by atoms with Crippen LogP contribution in [0.25, 0.3) is 0 Å². The van der Waals surface area contributed by atoms with Crippen LogP contribution >= 0.6 is 0 Å². The summed E-state index contributed by atoms with van der Waals surface area (Å²) in [5.74, 6) is 0.625.